The molecule has 1 amide bonds. The first kappa shape index (κ1) is 17.1. The largest absolute Gasteiger partial charge is 0.481 e. The summed E-state index contributed by atoms with van der Waals surface area (Å²) in [5.41, 5.74) is 1.91. The Morgan fingerprint density at radius 2 is 1.87 bits per heavy atom. The predicted octanol–water partition coefficient (Wildman–Crippen LogP) is 3.60. The van der Waals surface area contributed by atoms with Crippen molar-refractivity contribution in [2.45, 2.75) is 45.6 Å². The van der Waals surface area contributed by atoms with Crippen LogP contribution in [-0.2, 0) is 22.6 Å². The number of benzene rings is 1. The Morgan fingerprint density at radius 3 is 2.57 bits per heavy atom. The van der Waals surface area contributed by atoms with Gasteiger partial charge < -0.3 is 14.4 Å². The third-order valence-corrected chi connectivity index (χ3v) is 3.96. The quantitative estimate of drug-likeness (QED) is 0.755. The number of aliphatic carboxylic acids is 1. The van der Waals surface area contributed by atoms with E-state index < -0.39 is 5.97 Å². The molecule has 0 atom stereocenters. The number of furan rings is 1. The molecule has 5 heteroatoms. The third kappa shape index (κ3) is 4.34. The number of unbranched alkanes of at least 4 members (excludes halogenated alkanes) is 1. The molecule has 1 aromatic carbocycles. The van der Waals surface area contributed by atoms with E-state index in [-0.39, 0.29) is 12.3 Å². The molecule has 0 aliphatic heterocycles. The van der Waals surface area contributed by atoms with Crippen LogP contribution < -0.4 is 0 Å². The van der Waals surface area contributed by atoms with Gasteiger partial charge in [-0.2, -0.15) is 0 Å². The molecule has 124 valence electrons. The molecule has 1 heterocycles. The van der Waals surface area contributed by atoms with Crippen LogP contribution in [0.1, 0.15) is 43.9 Å². The fourth-order valence-electron chi connectivity index (χ4n) is 2.68. The van der Waals surface area contributed by atoms with Crippen molar-refractivity contribution in [1.82, 2.24) is 4.90 Å². The van der Waals surface area contributed by atoms with E-state index in [0.717, 1.165) is 28.7 Å². The van der Waals surface area contributed by atoms with Gasteiger partial charge in [-0.3, -0.25) is 9.59 Å². The fraction of sp³-hybridized carbons (Fsp3) is 0.444. The first-order valence-corrected chi connectivity index (χ1v) is 7.98. The molecular formula is C18H23NO4. The number of aryl methyl sites for hydroxylation is 1. The molecule has 2 aromatic rings. The summed E-state index contributed by atoms with van der Waals surface area (Å²) in [6.07, 6.45) is 2.40. The lowest BCUT2D eigenvalue weighted by atomic mass is 10.1. The van der Waals surface area contributed by atoms with E-state index in [9.17, 15) is 9.59 Å². The third-order valence-electron chi connectivity index (χ3n) is 3.96. The van der Waals surface area contributed by atoms with E-state index in [2.05, 4.69) is 0 Å². The van der Waals surface area contributed by atoms with E-state index in [1.165, 1.54) is 0 Å². The Balaban J connectivity index is 2.00. The second-order valence-corrected chi connectivity index (χ2v) is 5.70. The van der Waals surface area contributed by atoms with Gasteiger partial charge in [0.25, 0.3) is 0 Å². The smallest absolute Gasteiger partial charge is 0.303 e. The summed E-state index contributed by atoms with van der Waals surface area (Å²) >= 11 is 0. The van der Waals surface area contributed by atoms with Gasteiger partial charge in [0, 0.05) is 43.8 Å². The molecular weight excluding hydrogens is 294 g/mol. The average Bonchev–Trinajstić information content (AvgIpc) is 2.89. The highest BCUT2D eigenvalue weighted by Crippen LogP contribution is 2.27. The highest BCUT2D eigenvalue weighted by Gasteiger charge is 2.17. The second kappa shape index (κ2) is 7.81. The van der Waals surface area contributed by atoms with Crippen molar-refractivity contribution < 1.29 is 19.1 Å². The van der Waals surface area contributed by atoms with Crippen LogP contribution in [-0.4, -0.2) is 28.9 Å². The summed E-state index contributed by atoms with van der Waals surface area (Å²) < 4.78 is 5.85. The van der Waals surface area contributed by atoms with Gasteiger partial charge in [0.1, 0.15) is 11.3 Å². The number of nitrogens with zero attached hydrogens (tertiary/aromatic N) is 1. The summed E-state index contributed by atoms with van der Waals surface area (Å²) in [6.45, 7) is 2.55. The maximum Gasteiger partial charge on any atom is 0.303 e. The minimum Gasteiger partial charge on any atom is -0.481 e. The van der Waals surface area contributed by atoms with Crippen LogP contribution in [0.4, 0.5) is 0 Å². The fourth-order valence-corrected chi connectivity index (χ4v) is 2.68. The van der Waals surface area contributed by atoms with Crippen LogP contribution in [0.2, 0.25) is 0 Å². The Kier molecular flexibility index (Phi) is 5.79. The van der Waals surface area contributed by atoms with Crippen LogP contribution in [0.5, 0.6) is 0 Å². The lowest BCUT2D eigenvalue weighted by Gasteiger charge is -2.17. The number of hydrogen-bond donors (Lipinski definition) is 1. The lowest BCUT2D eigenvalue weighted by molar-refractivity contribution is -0.137. The molecule has 0 saturated heterocycles. The van der Waals surface area contributed by atoms with Gasteiger partial charge in [-0.15, -0.1) is 0 Å². The SMILES string of the molecule is CCc1oc2ccccc2c1CN(C)C(=O)CCCCC(=O)O. The van der Waals surface area contributed by atoms with E-state index in [4.69, 9.17) is 9.52 Å². The predicted molar refractivity (Wildman–Crippen MR) is 88.2 cm³/mol. The van der Waals surface area contributed by atoms with Gasteiger partial charge in [0.05, 0.1) is 0 Å². The maximum atomic E-state index is 12.2. The van der Waals surface area contributed by atoms with Crippen molar-refractivity contribution in [2.24, 2.45) is 0 Å². The van der Waals surface area contributed by atoms with Gasteiger partial charge >= 0.3 is 5.97 Å². The molecule has 0 bridgehead atoms. The van der Waals surface area contributed by atoms with Crippen molar-refractivity contribution in [2.75, 3.05) is 7.05 Å². The molecule has 0 aliphatic rings. The number of para-hydroxylation sites is 1. The van der Waals surface area contributed by atoms with Crippen molar-refractivity contribution >= 4 is 22.8 Å². The van der Waals surface area contributed by atoms with Gasteiger partial charge in [-0.05, 0) is 18.9 Å². The highest BCUT2D eigenvalue weighted by atomic mass is 16.4. The number of fused-ring (bicyclic) bond motifs is 1. The zero-order valence-corrected chi connectivity index (χ0v) is 13.7. The van der Waals surface area contributed by atoms with Crippen LogP contribution in [0.15, 0.2) is 28.7 Å². The zero-order chi connectivity index (χ0) is 16.8. The standard InChI is InChI=1S/C18H23NO4/c1-3-15-14(13-8-4-5-9-16(13)23-15)12-19(2)17(20)10-6-7-11-18(21)22/h4-5,8-9H,3,6-7,10-12H2,1-2H3,(H,21,22). The van der Waals surface area contributed by atoms with Crippen LogP contribution in [0.3, 0.4) is 0 Å². The second-order valence-electron chi connectivity index (χ2n) is 5.70. The number of carboxylic acid groups (broad SMARTS) is 1. The molecule has 0 saturated carbocycles. The zero-order valence-electron chi connectivity index (χ0n) is 13.7. The Bertz CT molecular complexity index is 689. The summed E-state index contributed by atoms with van der Waals surface area (Å²) in [6, 6.07) is 7.85. The van der Waals surface area contributed by atoms with E-state index in [0.29, 0.717) is 25.8 Å². The molecule has 0 fully saturated rings. The van der Waals surface area contributed by atoms with Crippen LogP contribution >= 0.6 is 0 Å². The van der Waals surface area contributed by atoms with Crippen molar-refractivity contribution in [3.8, 4) is 0 Å². The van der Waals surface area contributed by atoms with E-state index in [1.54, 1.807) is 11.9 Å². The first-order valence-electron chi connectivity index (χ1n) is 7.98. The van der Waals surface area contributed by atoms with E-state index >= 15 is 0 Å². The monoisotopic (exact) mass is 317 g/mol. The Hall–Kier alpha value is -2.30. The van der Waals surface area contributed by atoms with Crippen molar-refractivity contribution in [3.05, 3.63) is 35.6 Å². The van der Waals surface area contributed by atoms with Crippen LogP contribution in [0, 0.1) is 0 Å². The summed E-state index contributed by atoms with van der Waals surface area (Å²) in [5, 5.41) is 9.66. The minimum atomic E-state index is -0.816. The molecule has 2 rings (SSSR count). The van der Waals surface area contributed by atoms with Crippen molar-refractivity contribution in [1.29, 1.82) is 0 Å². The van der Waals surface area contributed by atoms with Gasteiger partial charge in [-0.1, -0.05) is 25.1 Å². The molecule has 0 aliphatic carbocycles. The van der Waals surface area contributed by atoms with Gasteiger partial charge in [0.2, 0.25) is 5.91 Å². The molecule has 0 radical (unpaired) electrons. The number of hydrogen-bond acceptors (Lipinski definition) is 3. The number of rotatable bonds is 8. The van der Waals surface area contributed by atoms with E-state index in [1.807, 2.05) is 31.2 Å². The molecule has 1 aromatic heterocycles. The average molecular weight is 317 g/mol. The molecule has 23 heavy (non-hydrogen) atoms. The Morgan fingerprint density at radius 1 is 1.17 bits per heavy atom. The number of carbonyl (C=O) groups is 2. The van der Waals surface area contributed by atoms with Gasteiger partial charge in [-0.25, -0.2) is 0 Å². The molecule has 0 unspecified atom stereocenters. The Labute approximate surface area is 135 Å². The normalized spacial score (nSPS) is 10.9. The highest BCUT2D eigenvalue weighted by molar-refractivity contribution is 5.83. The number of amides is 1. The summed E-state index contributed by atoms with van der Waals surface area (Å²) in [7, 11) is 1.78. The number of carboxylic acids is 1. The number of carbonyl (C=O) groups excluding carboxylic acids is 1. The molecule has 0 spiro atoms. The lowest BCUT2D eigenvalue weighted by Crippen LogP contribution is -2.26. The molecule has 5 nitrogen and oxygen atoms in total. The minimum absolute atomic E-state index is 0.0303. The van der Waals surface area contributed by atoms with Crippen LogP contribution in [0.25, 0.3) is 11.0 Å². The van der Waals surface area contributed by atoms with Gasteiger partial charge in [0.15, 0.2) is 0 Å². The first-order chi connectivity index (χ1) is 11.0. The maximum absolute atomic E-state index is 12.2. The summed E-state index contributed by atoms with van der Waals surface area (Å²) in [5.74, 6) is 0.128. The molecule has 1 N–H and O–H groups in total. The van der Waals surface area contributed by atoms with Crippen molar-refractivity contribution in [3.63, 3.8) is 0 Å². The topological polar surface area (TPSA) is 70.8 Å². The summed E-state index contributed by atoms with van der Waals surface area (Å²) in [4.78, 5) is 24.4.